The van der Waals surface area contributed by atoms with Gasteiger partial charge in [0.05, 0.1) is 11.3 Å². The van der Waals surface area contributed by atoms with Gasteiger partial charge in [-0.2, -0.15) is 13.2 Å². The number of hydrogen-bond donors (Lipinski definition) is 1. The summed E-state index contributed by atoms with van der Waals surface area (Å²) in [4.78, 5) is 12.0. The predicted octanol–water partition coefficient (Wildman–Crippen LogP) is 4.85. The van der Waals surface area contributed by atoms with Gasteiger partial charge in [-0.25, -0.2) is 0 Å². The fraction of sp³-hybridized carbons (Fsp3) is 0.0625. The second-order valence-electron chi connectivity index (χ2n) is 4.79. The average molecular weight is 324 g/mol. The maximum atomic E-state index is 13.0. The fourth-order valence-corrected chi connectivity index (χ4v) is 2.52. The molecule has 0 atom stereocenters. The van der Waals surface area contributed by atoms with Crippen LogP contribution in [0.1, 0.15) is 16.7 Å². The lowest BCUT2D eigenvalue weighted by atomic mass is 10.0. The predicted molar refractivity (Wildman–Crippen MR) is 79.4 cm³/mol. The molecule has 6 heteroatoms. The Labute approximate surface area is 129 Å². The zero-order chi connectivity index (χ0) is 15.9. The zero-order valence-electron chi connectivity index (χ0n) is 11.0. The van der Waals surface area contributed by atoms with Crippen molar-refractivity contribution < 1.29 is 18.0 Å². The summed E-state index contributed by atoms with van der Waals surface area (Å²) < 4.78 is 39.1. The number of benzene rings is 2. The van der Waals surface area contributed by atoms with Crippen LogP contribution in [0.2, 0.25) is 5.02 Å². The van der Waals surface area contributed by atoms with Crippen molar-refractivity contribution in [3.8, 4) is 0 Å². The average Bonchev–Trinajstić information content (AvgIpc) is 2.74. The topological polar surface area (TPSA) is 29.1 Å². The van der Waals surface area contributed by atoms with Gasteiger partial charge in [-0.05, 0) is 29.8 Å². The molecule has 0 aliphatic carbocycles. The number of rotatable bonds is 1. The summed E-state index contributed by atoms with van der Waals surface area (Å²) >= 11 is 5.84. The van der Waals surface area contributed by atoms with Gasteiger partial charge in [-0.3, -0.25) is 4.79 Å². The van der Waals surface area contributed by atoms with Crippen molar-refractivity contribution >= 4 is 34.8 Å². The van der Waals surface area contributed by atoms with Crippen LogP contribution in [0.15, 0.2) is 42.5 Å². The van der Waals surface area contributed by atoms with E-state index in [-0.39, 0.29) is 11.1 Å². The number of amides is 1. The lowest BCUT2D eigenvalue weighted by Crippen LogP contribution is -2.08. The van der Waals surface area contributed by atoms with Gasteiger partial charge >= 0.3 is 6.18 Å². The number of anilines is 1. The molecular formula is C16H9ClF3NO. The van der Waals surface area contributed by atoms with Crippen LogP contribution >= 0.6 is 11.6 Å². The molecule has 0 saturated carbocycles. The van der Waals surface area contributed by atoms with Crippen LogP contribution in [0.25, 0.3) is 11.6 Å². The van der Waals surface area contributed by atoms with E-state index < -0.39 is 17.6 Å². The minimum atomic E-state index is -4.48. The lowest BCUT2D eigenvalue weighted by Gasteiger charge is -2.10. The van der Waals surface area contributed by atoms with E-state index in [2.05, 4.69) is 5.32 Å². The van der Waals surface area contributed by atoms with Crippen LogP contribution in [-0.2, 0) is 11.0 Å². The molecule has 0 radical (unpaired) electrons. The molecule has 0 unspecified atom stereocenters. The number of alkyl halides is 3. The first-order chi connectivity index (χ1) is 10.4. The SMILES string of the molecule is O=C1Nc2cc(Cl)ccc2C1=Cc1ccccc1C(F)(F)F. The van der Waals surface area contributed by atoms with Crippen molar-refractivity contribution in [1.29, 1.82) is 0 Å². The molecule has 1 aliphatic rings. The second-order valence-corrected chi connectivity index (χ2v) is 5.22. The third kappa shape index (κ3) is 2.60. The van der Waals surface area contributed by atoms with Crippen LogP contribution in [0.3, 0.4) is 0 Å². The van der Waals surface area contributed by atoms with Crippen LogP contribution in [0, 0.1) is 0 Å². The molecule has 3 rings (SSSR count). The van der Waals surface area contributed by atoms with Gasteiger partial charge in [0.15, 0.2) is 0 Å². The third-order valence-corrected chi connectivity index (χ3v) is 3.57. The van der Waals surface area contributed by atoms with Crippen molar-refractivity contribution in [3.63, 3.8) is 0 Å². The number of nitrogens with one attached hydrogen (secondary N) is 1. The van der Waals surface area contributed by atoms with Crippen molar-refractivity contribution in [3.05, 3.63) is 64.2 Å². The minimum absolute atomic E-state index is 0.0528. The molecule has 1 heterocycles. The second kappa shape index (κ2) is 5.18. The molecule has 1 aliphatic heterocycles. The Kier molecular flexibility index (Phi) is 3.45. The van der Waals surface area contributed by atoms with E-state index >= 15 is 0 Å². The van der Waals surface area contributed by atoms with Gasteiger partial charge in [-0.1, -0.05) is 35.9 Å². The van der Waals surface area contributed by atoms with E-state index in [1.54, 1.807) is 18.2 Å². The molecule has 0 spiro atoms. The Bertz CT molecular complexity index is 796. The molecule has 2 aromatic carbocycles. The quantitative estimate of drug-likeness (QED) is 0.747. The summed E-state index contributed by atoms with van der Waals surface area (Å²) in [5, 5.41) is 3.03. The van der Waals surface area contributed by atoms with Crippen LogP contribution in [0.4, 0.5) is 18.9 Å². The largest absolute Gasteiger partial charge is 0.416 e. The molecule has 2 aromatic rings. The summed E-state index contributed by atoms with van der Waals surface area (Å²) in [6.45, 7) is 0. The summed E-state index contributed by atoms with van der Waals surface area (Å²) in [7, 11) is 0. The molecule has 112 valence electrons. The van der Waals surface area contributed by atoms with Crippen molar-refractivity contribution in [1.82, 2.24) is 0 Å². The molecule has 22 heavy (non-hydrogen) atoms. The Balaban J connectivity index is 2.14. The monoisotopic (exact) mass is 323 g/mol. The molecule has 0 fully saturated rings. The Morgan fingerprint density at radius 2 is 1.82 bits per heavy atom. The summed E-state index contributed by atoms with van der Waals surface area (Å²) in [5.41, 5.74) is 0.378. The first kappa shape index (κ1) is 14.7. The molecule has 2 nitrogen and oxygen atoms in total. The van der Waals surface area contributed by atoms with Gasteiger partial charge < -0.3 is 5.32 Å². The maximum absolute atomic E-state index is 13.0. The minimum Gasteiger partial charge on any atom is -0.321 e. The standard InChI is InChI=1S/C16H9ClF3NO/c17-10-5-6-11-12(15(22)21-14(11)8-10)7-9-3-1-2-4-13(9)16(18,19)20/h1-8H,(H,21,22). The number of hydrogen-bond acceptors (Lipinski definition) is 1. The summed E-state index contributed by atoms with van der Waals surface area (Å²) in [6, 6.07) is 9.89. The smallest absolute Gasteiger partial charge is 0.321 e. The Morgan fingerprint density at radius 1 is 1.09 bits per heavy atom. The zero-order valence-corrected chi connectivity index (χ0v) is 11.8. The molecule has 0 bridgehead atoms. The summed E-state index contributed by atoms with van der Waals surface area (Å²) in [5.74, 6) is -0.450. The normalized spacial score (nSPS) is 15.8. The summed E-state index contributed by atoms with van der Waals surface area (Å²) in [6.07, 6.45) is -3.23. The molecule has 1 N–H and O–H groups in total. The molecular weight excluding hydrogens is 315 g/mol. The first-order valence-corrected chi connectivity index (χ1v) is 6.73. The van der Waals surface area contributed by atoms with Gasteiger partial charge in [-0.15, -0.1) is 0 Å². The Hall–Kier alpha value is -2.27. The van der Waals surface area contributed by atoms with Gasteiger partial charge in [0.2, 0.25) is 0 Å². The highest BCUT2D eigenvalue weighted by atomic mass is 35.5. The third-order valence-electron chi connectivity index (χ3n) is 3.33. The van der Waals surface area contributed by atoms with E-state index in [9.17, 15) is 18.0 Å². The van der Waals surface area contributed by atoms with Gasteiger partial charge in [0.25, 0.3) is 5.91 Å². The van der Waals surface area contributed by atoms with Gasteiger partial charge in [0.1, 0.15) is 0 Å². The number of carbonyl (C=O) groups is 1. The highest BCUT2D eigenvalue weighted by Gasteiger charge is 2.33. The number of halogens is 4. The van der Waals surface area contributed by atoms with Crippen LogP contribution < -0.4 is 5.32 Å². The van der Waals surface area contributed by atoms with Gasteiger partial charge in [0, 0.05) is 16.2 Å². The van der Waals surface area contributed by atoms with Crippen LogP contribution in [0.5, 0.6) is 0 Å². The van der Waals surface area contributed by atoms with E-state index in [0.29, 0.717) is 16.3 Å². The highest BCUT2D eigenvalue weighted by molar-refractivity contribution is 6.36. The number of fused-ring (bicyclic) bond motifs is 1. The maximum Gasteiger partial charge on any atom is 0.416 e. The molecule has 0 saturated heterocycles. The van der Waals surface area contributed by atoms with E-state index in [4.69, 9.17) is 11.6 Å². The van der Waals surface area contributed by atoms with Crippen molar-refractivity contribution in [2.24, 2.45) is 0 Å². The fourth-order valence-electron chi connectivity index (χ4n) is 2.35. The van der Waals surface area contributed by atoms with Crippen LogP contribution in [-0.4, -0.2) is 5.91 Å². The van der Waals surface area contributed by atoms with Crippen molar-refractivity contribution in [2.45, 2.75) is 6.18 Å². The molecule has 0 aromatic heterocycles. The van der Waals surface area contributed by atoms with E-state index in [0.717, 1.165) is 6.07 Å². The Morgan fingerprint density at radius 3 is 2.55 bits per heavy atom. The van der Waals surface area contributed by atoms with E-state index in [1.165, 1.54) is 24.3 Å². The van der Waals surface area contributed by atoms with Crippen molar-refractivity contribution in [2.75, 3.05) is 5.32 Å². The first-order valence-electron chi connectivity index (χ1n) is 6.35. The molecule has 1 amide bonds. The lowest BCUT2D eigenvalue weighted by molar-refractivity contribution is -0.137. The van der Waals surface area contributed by atoms with E-state index in [1.807, 2.05) is 0 Å². The highest BCUT2D eigenvalue weighted by Crippen LogP contribution is 2.37. The number of carbonyl (C=O) groups excluding carboxylic acids is 1.